The molecule has 0 radical (unpaired) electrons. The van der Waals surface area contributed by atoms with Crippen LogP contribution >= 0.6 is 0 Å². The molecule has 0 N–H and O–H groups in total. The van der Waals surface area contributed by atoms with E-state index in [9.17, 15) is 0 Å². The number of hydrogen-bond donors (Lipinski definition) is 0. The molecule has 0 aliphatic carbocycles. The van der Waals surface area contributed by atoms with Crippen LogP contribution in [0.3, 0.4) is 0 Å². The Kier molecular flexibility index (Phi) is 2.61. The lowest BCUT2D eigenvalue weighted by Gasteiger charge is -2.11. The van der Waals surface area contributed by atoms with Crippen molar-refractivity contribution in [1.82, 2.24) is 24.3 Å². The number of fused-ring (bicyclic) bond motifs is 2. The van der Waals surface area contributed by atoms with Crippen LogP contribution in [0, 0.1) is 0 Å². The predicted molar refractivity (Wildman–Crippen MR) is 68.7 cm³/mol. The Labute approximate surface area is 111 Å². The van der Waals surface area contributed by atoms with Gasteiger partial charge in [-0.15, -0.1) is 10.2 Å². The van der Waals surface area contributed by atoms with Crippen molar-refractivity contribution in [3.8, 4) is 11.5 Å². The molecule has 100 valence electrons. The van der Waals surface area contributed by atoms with Gasteiger partial charge in [0.2, 0.25) is 0 Å². The topological polar surface area (TPSA) is 57.8 Å². The summed E-state index contributed by atoms with van der Waals surface area (Å²) < 4.78 is 9.90. The van der Waals surface area contributed by atoms with Gasteiger partial charge in [-0.2, -0.15) is 0 Å². The Hall–Kier alpha value is -1.69. The van der Waals surface area contributed by atoms with Crippen molar-refractivity contribution in [2.24, 2.45) is 0 Å². The molecule has 2 aromatic heterocycles. The quantitative estimate of drug-likeness (QED) is 0.768. The van der Waals surface area contributed by atoms with Gasteiger partial charge in [0.1, 0.15) is 17.3 Å². The molecule has 2 aliphatic heterocycles. The molecule has 0 saturated carbocycles. The van der Waals surface area contributed by atoms with Crippen LogP contribution in [0.1, 0.15) is 24.5 Å². The number of imidazole rings is 1. The van der Waals surface area contributed by atoms with E-state index in [4.69, 9.17) is 9.72 Å². The van der Waals surface area contributed by atoms with E-state index in [-0.39, 0.29) is 0 Å². The second-order valence-electron chi connectivity index (χ2n) is 5.15. The standard InChI is InChI=1S/C13H17N5O/c1-2-5-17-9-10(14-11(17)3-1)13-16-15-12-4-7-19-8-6-18(12)13/h9H,1-8H2. The summed E-state index contributed by atoms with van der Waals surface area (Å²) in [6.07, 6.45) is 6.51. The first-order chi connectivity index (χ1) is 9.42. The molecule has 4 rings (SSSR count). The Balaban J connectivity index is 1.76. The third-order valence-corrected chi connectivity index (χ3v) is 3.89. The molecule has 19 heavy (non-hydrogen) atoms. The summed E-state index contributed by atoms with van der Waals surface area (Å²) in [6.45, 7) is 3.36. The van der Waals surface area contributed by atoms with E-state index in [0.717, 1.165) is 56.5 Å². The number of hydrogen-bond acceptors (Lipinski definition) is 4. The molecule has 0 fully saturated rings. The first-order valence-corrected chi connectivity index (χ1v) is 6.98. The molecule has 2 aromatic rings. The van der Waals surface area contributed by atoms with E-state index < -0.39 is 0 Å². The number of rotatable bonds is 1. The third-order valence-electron chi connectivity index (χ3n) is 3.89. The Morgan fingerprint density at radius 2 is 2.00 bits per heavy atom. The normalized spacial score (nSPS) is 18.7. The maximum absolute atomic E-state index is 5.49. The lowest BCUT2D eigenvalue weighted by atomic mass is 10.2. The molecule has 0 bridgehead atoms. The molecule has 2 aliphatic rings. The first-order valence-electron chi connectivity index (χ1n) is 6.98. The van der Waals surface area contributed by atoms with Crippen LogP contribution in [0.5, 0.6) is 0 Å². The van der Waals surface area contributed by atoms with Crippen LogP contribution in [-0.2, 0) is 30.7 Å². The maximum Gasteiger partial charge on any atom is 0.184 e. The molecule has 0 atom stereocenters. The second kappa shape index (κ2) is 4.45. The van der Waals surface area contributed by atoms with Gasteiger partial charge in [-0.1, -0.05) is 0 Å². The van der Waals surface area contributed by atoms with Gasteiger partial charge in [-0.3, -0.25) is 0 Å². The molecule has 0 unspecified atom stereocenters. The van der Waals surface area contributed by atoms with E-state index in [0.29, 0.717) is 0 Å². The SMILES string of the molecule is c1c(-c2nnc3n2CCOCC3)nc2n1CCCC2. The van der Waals surface area contributed by atoms with Crippen molar-refractivity contribution in [3.63, 3.8) is 0 Å². The molecule has 6 nitrogen and oxygen atoms in total. The van der Waals surface area contributed by atoms with Gasteiger partial charge >= 0.3 is 0 Å². The van der Waals surface area contributed by atoms with Crippen LogP contribution in [0.25, 0.3) is 11.5 Å². The third kappa shape index (κ3) is 1.87. The fraction of sp³-hybridized carbons (Fsp3) is 0.615. The van der Waals surface area contributed by atoms with E-state index in [2.05, 4.69) is 25.5 Å². The average Bonchev–Trinajstić information content (AvgIpc) is 2.96. The summed E-state index contributed by atoms with van der Waals surface area (Å²) in [4.78, 5) is 4.73. The van der Waals surface area contributed by atoms with Gasteiger partial charge in [0.05, 0.1) is 13.2 Å². The van der Waals surface area contributed by atoms with Crippen molar-refractivity contribution in [2.45, 2.75) is 38.8 Å². The van der Waals surface area contributed by atoms with Gasteiger partial charge in [0, 0.05) is 32.1 Å². The average molecular weight is 259 g/mol. The molecular weight excluding hydrogens is 242 g/mol. The molecule has 0 spiro atoms. The van der Waals surface area contributed by atoms with Crippen LogP contribution < -0.4 is 0 Å². The largest absolute Gasteiger partial charge is 0.379 e. The van der Waals surface area contributed by atoms with Crippen molar-refractivity contribution < 1.29 is 4.74 Å². The van der Waals surface area contributed by atoms with Gasteiger partial charge < -0.3 is 13.9 Å². The van der Waals surface area contributed by atoms with Gasteiger partial charge in [-0.25, -0.2) is 4.98 Å². The molecule has 0 aromatic carbocycles. The minimum Gasteiger partial charge on any atom is -0.379 e. The van der Waals surface area contributed by atoms with Crippen LogP contribution in [-0.4, -0.2) is 37.5 Å². The number of nitrogens with zero attached hydrogens (tertiary/aromatic N) is 5. The van der Waals surface area contributed by atoms with E-state index in [1.165, 1.54) is 18.7 Å². The summed E-state index contributed by atoms with van der Waals surface area (Å²) in [5, 5.41) is 8.62. The summed E-state index contributed by atoms with van der Waals surface area (Å²) >= 11 is 0. The fourth-order valence-electron chi connectivity index (χ4n) is 2.89. The highest BCUT2D eigenvalue weighted by atomic mass is 16.5. The van der Waals surface area contributed by atoms with Crippen molar-refractivity contribution in [1.29, 1.82) is 0 Å². The number of aromatic nitrogens is 5. The summed E-state index contributed by atoms with van der Waals surface area (Å²) in [6, 6.07) is 0. The summed E-state index contributed by atoms with van der Waals surface area (Å²) in [7, 11) is 0. The first kappa shape index (κ1) is 11.2. The fourth-order valence-corrected chi connectivity index (χ4v) is 2.89. The Bertz CT molecular complexity index is 577. The lowest BCUT2D eigenvalue weighted by molar-refractivity contribution is 0.140. The highest BCUT2D eigenvalue weighted by molar-refractivity contribution is 5.49. The van der Waals surface area contributed by atoms with Crippen LogP contribution in [0.15, 0.2) is 6.20 Å². The highest BCUT2D eigenvalue weighted by Crippen LogP contribution is 2.22. The second-order valence-corrected chi connectivity index (χ2v) is 5.15. The zero-order valence-corrected chi connectivity index (χ0v) is 10.9. The van der Waals surface area contributed by atoms with Gasteiger partial charge in [0.15, 0.2) is 5.82 Å². The molecule has 0 amide bonds. The smallest absolute Gasteiger partial charge is 0.184 e. The van der Waals surface area contributed by atoms with E-state index in [1.54, 1.807) is 0 Å². The zero-order chi connectivity index (χ0) is 12.7. The van der Waals surface area contributed by atoms with Crippen LogP contribution in [0.4, 0.5) is 0 Å². The maximum atomic E-state index is 5.49. The molecule has 4 heterocycles. The minimum atomic E-state index is 0.728. The lowest BCUT2D eigenvalue weighted by Crippen LogP contribution is -2.08. The Morgan fingerprint density at radius 1 is 1.00 bits per heavy atom. The molecule has 6 heteroatoms. The number of aryl methyl sites for hydroxylation is 2. The molecular formula is C13H17N5O. The highest BCUT2D eigenvalue weighted by Gasteiger charge is 2.20. The summed E-state index contributed by atoms with van der Waals surface area (Å²) in [5.41, 5.74) is 0.956. The van der Waals surface area contributed by atoms with Crippen LogP contribution in [0.2, 0.25) is 0 Å². The Morgan fingerprint density at radius 3 is 2.95 bits per heavy atom. The van der Waals surface area contributed by atoms with Crippen molar-refractivity contribution >= 4 is 0 Å². The zero-order valence-electron chi connectivity index (χ0n) is 10.9. The van der Waals surface area contributed by atoms with E-state index >= 15 is 0 Å². The van der Waals surface area contributed by atoms with E-state index in [1.807, 2.05) is 0 Å². The summed E-state index contributed by atoms with van der Waals surface area (Å²) in [5.74, 6) is 3.09. The van der Waals surface area contributed by atoms with Gasteiger partial charge in [-0.05, 0) is 12.8 Å². The van der Waals surface area contributed by atoms with Gasteiger partial charge in [0.25, 0.3) is 0 Å². The minimum absolute atomic E-state index is 0.728. The monoisotopic (exact) mass is 259 g/mol. The number of ether oxygens (including phenoxy) is 1. The van der Waals surface area contributed by atoms with Crippen molar-refractivity contribution in [3.05, 3.63) is 17.8 Å². The molecule has 0 saturated heterocycles. The van der Waals surface area contributed by atoms with Crippen molar-refractivity contribution in [2.75, 3.05) is 13.2 Å². The predicted octanol–water partition coefficient (Wildman–Crippen LogP) is 1.05.